The van der Waals surface area contributed by atoms with Crippen molar-refractivity contribution >= 4 is 12.4 Å². The van der Waals surface area contributed by atoms with Gasteiger partial charge in [0.2, 0.25) is 0 Å². The van der Waals surface area contributed by atoms with Gasteiger partial charge in [0, 0.05) is 0 Å². The summed E-state index contributed by atoms with van der Waals surface area (Å²) in [5.41, 5.74) is 0. The van der Waals surface area contributed by atoms with Gasteiger partial charge in [0.15, 0.2) is 0 Å². The van der Waals surface area contributed by atoms with Gasteiger partial charge in [-0.05, 0) is 14.1 Å². The molecule has 0 saturated heterocycles. The third kappa shape index (κ3) is 29.5. The first-order valence-electron chi connectivity index (χ1n) is 5.91. The molecule has 0 heterocycles. The van der Waals surface area contributed by atoms with Crippen molar-refractivity contribution in [2.75, 3.05) is 14.1 Å². The number of hydrogen-bond acceptors (Lipinski definition) is 1. The lowest BCUT2D eigenvalue weighted by Gasteiger charge is -1.97. The Morgan fingerprint density at radius 3 is 1.07 bits per heavy atom. The van der Waals surface area contributed by atoms with E-state index in [-0.39, 0.29) is 12.4 Å². The summed E-state index contributed by atoms with van der Waals surface area (Å²) < 4.78 is 0. The van der Waals surface area contributed by atoms with Crippen LogP contribution in [0.1, 0.15) is 65.2 Å². The highest BCUT2D eigenvalue weighted by atomic mass is 35.5. The smallest absolute Gasteiger partial charge is 0.0167 e. The van der Waals surface area contributed by atoms with Gasteiger partial charge in [0.25, 0.3) is 0 Å². The van der Waals surface area contributed by atoms with Crippen LogP contribution in [0.4, 0.5) is 0 Å². The summed E-state index contributed by atoms with van der Waals surface area (Å²) >= 11 is 0. The van der Waals surface area contributed by atoms with Gasteiger partial charge in [-0.15, -0.1) is 12.4 Å². The van der Waals surface area contributed by atoms with Gasteiger partial charge in [0.1, 0.15) is 0 Å². The van der Waals surface area contributed by atoms with Crippen LogP contribution in [-0.2, 0) is 0 Å². The molecule has 0 rings (SSSR count). The summed E-state index contributed by atoms with van der Waals surface area (Å²) in [5, 5.41) is 2.75. The van der Waals surface area contributed by atoms with Crippen LogP contribution in [0.25, 0.3) is 0 Å². The molecular weight excluding hydrogens is 194 g/mol. The van der Waals surface area contributed by atoms with Crippen LogP contribution in [-0.4, -0.2) is 14.1 Å². The fourth-order valence-electron chi connectivity index (χ4n) is 1.21. The van der Waals surface area contributed by atoms with E-state index < -0.39 is 0 Å². The van der Waals surface area contributed by atoms with Crippen molar-refractivity contribution in [3.8, 4) is 0 Å². The zero-order valence-electron chi connectivity index (χ0n) is 10.6. The summed E-state index contributed by atoms with van der Waals surface area (Å²) in [6, 6.07) is 0. The van der Waals surface area contributed by atoms with Gasteiger partial charge < -0.3 is 5.32 Å². The highest BCUT2D eigenvalue weighted by Crippen LogP contribution is 2.07. The molecule has 0 saturated carbocycles. The second-order valence-electron chi connectivity index (χ2n) is 3.62. The molecule has 0 unspecified atom stereocenters. The van der Waals surface area contributed by atoms with Gasteiger partial charge in [-0.2, -0.15) is 0 Å². The monoisotopic (exact) mass is 223 g/mol. The predicted molar refractivity (Wildman–Crippen MR) is 70.5 cm³/mol. The zero-order chi connectivity index (χ0) is 10.4. The summed E-state index contributed by atoms with van der Waals surface area (Å²) in [6.07, 6.45) is 11.5. The normalized spacial score (nSPS) is 8.57. The maximum atomic E-state index is 2.75. The highest BCUT2D eigenvalue weighted by molar-refractivity contribution is 5.85. The van der Waals surface area contributed by atoms with Crippen molar-refractivity contribution in [3.05, 3.63) is 0 Å². The van der Waals surface area contributed by atoms with E-state index in [4.69, 9.17) is 0 Å². The van der Waals surface area contributed by atoms with Crippen LogP contribution < -0.4 is 5.32 Å². The maximum absolute atomic E-state index is 2.75. The van der Waals surface area contributed by atoms with Crippen molar-refractivity contribution < 1.29 is 0 Å². The molecule has 14 heavy (non-hydrogen) atoms. The highest BCUT2D eigenvalue weighted by Gasteiger charge is 1.87. The molecule has 90 valence electrons. The molecule has 0 aromatic rings. The quantitative estimate of drug-likeness (QED) is 0.631. The first-order chi connectivity index (χ1) is 6.33. The van der Waals surface area contributed by atoms with Crippen LogP contribution in [0.2, 0.25) is 0 Å². The molecule has 0 aromatic carbocycles. The van der Waals surface area contributed by atoms with E-state index in [1.54, 1.807) is 0 Å². The fourth-order valence-corrected chi connectivity index (χ4v) is 1.21. The molecule has 0 aliphatic carbocycles. The lowest BCUT2D eigenvalue weighted by molar-refractivity contribution is 0.585. The number of unbranched alkanes of at least 4 members (excludes halogenated alkanes) is 7. The van der Waals surface area contributed by atoms with Crippen LogP contribution in [0.5, 0.6) is 0 Å². The van der Waals surface area contributed by atoms with Crippen molar-refractivity contribution in [3.63, 3.8) is 0 Å². The summed E-state index contributed by atoms with van der Waals surface area (Å²) in [5.74, 6) is 0. The number of halogens is 1. The number of hydrogen-bond donors (Lipinski definition) is 1. The zero-order valence-corrected chi connectivity index (χ0v) is 11.4. The Labute approximate surface area is 97.5 Å². The van der Waals surface area contributed by atoms with Crippen LogP contribution in [0.3, 0.4) is 0 Å². The molecule has 2 heteroatoms. The van der Waals surface area contributed by atoms with E-state index in [1.165, 1.54) is 51.4 Å². The average molecular weight is 224 g/mol. The first-order valence-corrected chi connectivity index (χ1v) is 5.91. The van der Waals surface area contributed by atoms with Gasteiger partial charge in [-0.1, -0.05) is 65.2 Å². The van der Waals surface area contributed by atoms with Gasteiger partial charge in [0.05, 0.1) is 0 Å². The lowest BCUT2D eigenvalue weighted by Crippen LogP contribution is -1.89. The van der Waals surface area contributed by atoms with E-state index >= 15 is 0 Å². The van der Waals surface area contributed by atoms with Gasteiger partial charge >= 0.3 is 0 Å². The molecule has 0 aliphatic rings. The SMILES string of the molecule is CCCCCCCCCC.CNC.Cl. The first kappa shape index (κ1) is 19.8. The average Bonchev–Trinajstić information content (AvgIpc) is 2.13. The Hall–Kier alpha value is 0.250. The molecular formula is C12H30ClN. The van der Waals surface area contributed by atoms with Crippen molar-refractivity contribution in [1.82, 2.24) is 5.32 Å². The Bertz CT molecular complexity index is 59.3. The Kier molecular flexibility index (Phi) is 32.8. The van der Waals surface area contributed by atoms with Crippen molar-refractivity contribution in [1.29, 1.82) is 0 Å². The van der Waals surface area contributed by atoms with Crippen LogP contribution >= 0.6 is 12.4 Å². The Morgan fingerprint density at radius 1 is 0.643 bits per heavy atom. The third-order valence-corrected chi connectivity index (χ3v) is 1.96. The molecule has 0 spiro atoms. The Morgan fingerprint density at radius 2 is 0.857 bits per heavy atom. The predicted octanol–water partition coefficient (Wildman–Crippen LogP) is 4.40. The van der Waals surface area contributed by atoms with E-state index in [9.17, 15) is 0 Å². The molecule has 0 amide bonds. The second kappa shape index (κ2) is 23.2. The molecule has 1 nitrogen and oxygen atoms in total. The third-order valence-electron chi connectivity index (χ3n) is 1.96. The summed E-state index contributed by atoms with van der Waals surface area (Å²) in [6.45, 7) is 4.54. The van der Waals surface area contributed by atoms with Crippen molar-refractivity contribution in [2.45, 2.75) is 65.2 Å². The fraction of sp³-hybridized carbons (Fsp3) is 1.00. The molecule has 0 fully saturated rings. The summed E-state index contributed by atoms with van der Waals surface area (Å²) in [7, 11) is 3.75. The van der Waals surface area contributed by atoms with E-state index in [1.807, 2.05) is 14.1 Å². The topological polar surface area (TPSA) is 12.0 Å². The van der Waals surface area contributed by atoms with Crippen LogP contribution in [0.15, 0.2) is 0 Å². The minimum Gasteiger partial charge on any atom is -0.323 e. The number of nitrogens with one attached hydrogen (secondary N) is 1. The second-order valence-corrected chi connectivity index (χ2v) is 3.62. The molecule has 0 atom stereocenters. The molecule has 0 aromatic heterocycles. The van der Waals surface area contributed by atoms with Gasteiger partial charge in [-0.3, -0.25) is 0 Å². The molecule has 0 radical (unpaired) electrons. The lowest BCUT2D eigenvalue weighted by atomic mass is 10.1. The minimum absolute atomic E-state index is 0. The van der Waals surface area contributed by atoms with Crippen molar-refractivity contribution in [2.24, 2.45) is 0 Å². The van der Waals surface area contributed by atoms with Crippen LogP contribution in [0, 0.1) is 0 Å². The minimum atomic E-state index is 0. The van der Waals surface area contributed by atoms with E-state index in [2.05, 4.69) is 19.2 Å². The molecule has 1 N–H and O–H groups in total. The standard InChI is InChI=1S/C10H22.C2H7N.ClH/c1-3-5-7-9-10-8-6-4-2;1-3-2;/h3-10H2,1-2H3;3H,1-2H3;1H. The Balaban J connectivity index is -0.000000267. The van der Waals surface area contributed by atoms with E-state index in [0.29, 0.717) is 0 Å². The summed E-state index contributed by atoms with van der Waals surface area (Å²) in [4.78, 5) is 0. The van der Waals surface area contributed by atoms with Gasteiger partial charge in [-0.25, -0.2) is 0 Å². The molecule has 0 bridgehead atoms. The maximum Gasteiger partial charge on any atom is -0.0167 e. The number of rotatable bonds is 7. The molecule has 0 aliphatic heterocycles. The van der Waals surface area contributed by atoms with E-state index in [0.717, 1.165) is 0 Å². The largest absolute Gasteiger partial charge is 0.323 e.